The molecule has 1 aromatic carbocycles. The molecular formula is C12H15O. The van der Waals surface area contributed by atoms with E-state index in [-0.39, 0.29) is 0 Å². The first-order chi connectivity index (χ1) is 6.45. The fourth-order valence-electron chi connectivity index (χ4n) is 1.67. The normalized spacial score (nSPS) is 17.8. The van der Waals surface area contributed by atoms with Crippen LogP contribution in [0, 0.1) is 6.42 Å². The van der Waals surface area contributed by atoms with E-state index in [0.717, 1.165) is 13.0 Å². The summed E-state index contributed by atoms with van der Waals surface area (Å²) in [5.41, 5.74) is 1.27. The van der Waals surface area contributed by atoms with Crippen LogP contribution in [0.2, 0.25) is 0 Å². The maximum Gasteiger partial charge on any atom is 0.0720 e. The van der Waals surface area contributed by atoms with Crippen molar-refractivity contribution in [3.8, 4) is 0 Å². The molecule has 0 spiro atoms. The van der Waals surface area contributed by atoms with Crippen molar-refractivity contribution in [3.05, 3.63) is 42.3 Å². The molecule has 2 rings (SSSR count). The van der Waals surface area contributed by atoms with Crippen LogP contribution in [-0.2, 0) is 11.3 Å². The number of rotatable bonds is 3. The lowest BCUT2D eigenvalue weighted by atomic mass is 10.2. The summed E-state index contributed by atoms with van der Waals surface area (Å²) < 4.78 is 5.76. The summed E-state index contributed by atoms with van der Waals surface area (Å²) in [5, 5.41) is 0. The predicted octanol–water partition coefficient (Wildman–Crippen LogP) is 2.96. The van der Waals surface area contributed by atoms with Gasteiger partial charge >= 0.3 is 0 Å². The molecule has 1 aromatic rings. The van der Waals surface area contributed by atoms with Gasteiger partial charge in [0.25, 0.3) is 0 Å². The molecule has 0 N–H and O–H groups in total. The Kier molecular flexibility index (Phi) is 2.98. The molecule has 13 heavy (non-hydrogen) atoms. The molecule has 0 saturated heterocycles. The average Bonchev–Trinajstić information content (AvgIpc) is 2.69. The standard InChI is InChI=1S/C12H15O/c1-2-6-11(7-3-1)10-13-12-8-4-5-9-12/h1-4,6-7,12H,5,8-10H2/t12-/m1/s1. The molecule has 1 saturated carbocycles. The quantitative estimate of drug-likeness (QED) is 0.686. The van der Waals surface area contributed by atoms with Crippen LogP contribution in [0.5, 0.6) is 0 Å². The molecule has 1 radical (unpaired) electrons. The molecule has 0 aliphatic heterocycles. The minimum absolute atomic E-state index is 0.472. The molecule has 1 heteroatoms. The minimum Gasteiger partial charge on any atom is -0.374 e. The number of benzene rings is 1. The van der Waals surface area contributed by atoms with E-state index in [1.54, 1.807) is 0 Å². The number of hydrogen-bond donors (Lipinski definition) is 0. The highest BCUT2D eigenvalue weighted by Crippen LogP contribution is 2.20. The summed E-state index contributed by atoms with van der Waals surface area (Å²) in [6.07, 6.45) is 6.34. The van der Waals surface area contributed by atoms with E-state index in [1.807, 2.05) is 6.07 Å². The average molecular weight is 175 g/mol. The summed E-state index contributed by atoms with van der Waals surface area (Å²) >= 11 is 0. The van der Waals surface area contributed by atoms with Gasteiger partial charge in [-0.25, -0.2) is 0 Å². The fraction of sp³-hybridized carbons (Fsp3) is 0.417. The summed E-state index contributed by atoms with van der Waals surface area (Å²) in [7, 11) is 0. The van der Waals surface area contributed by atoms with Crippen molar-refractivity contribution in [1.82, 2.24) is 0 Å². The Hall–Kier alpha value is -0.820. The highest BCUT2D eigenvalue weighted by molar-refractivity contribution is 5.13. The third-order valence-corrected chi connectivity index (χ3v) is 2.45. The van der Waals surface area contributed by atoms with E-state index in [0.29, 0.717) is 6.10 Å². The predicted molar refractivity (Wildman–Crippen MR) is 53.2 cm³/mol. The minimum atomic E-state index is 0.472. The number of hydrogen-bond acceptors (Lipinski definition) is 1. The number of ether oxygens (including phenoxy) is 1. The Bertz CT molecular complexity index is 237. The molecule has 0 aromatic heterocycles. The monoisotopic (exact) mass is 175 g/mol. The molecular weight excluding hydrogens is 160 g/mol. The summed E-state index contributed by atoms with van der Waals surface area (Å²) in [6, 6.07) is 10.4. The van der Waals surface area contributed by atoms with Gasteiger partial charge in [0.1, 0.15) is 0 Å². The molecule has 1 fully saturated rings. The summed E-state index contributed by atoms with van der Waals surface area (Å²) in [6.45, 7) is 0.763. The van der Waals surface area contributed by atoms with Crippen LogP contribution in [0.25, 0.3) is 0 Å². The Balaban J connectivity index is 1.79. The fourth-order valence-corrected chi connectivity index (χ4v) is 1.67. The topological polar surface area (TPSA) is 9.23 Å². The van der Waals surface area contributed by atoms with Gasteiger partial charge in [-0.3, -0.25) is 0 Å². The van der Waals surface area contributed by atoms with Gasteiger partial charge in [-0.1, -0.05) is 30.3 Å². The van der Waals surface area contributed by atoms with Crippen molar-refractivity contribution in [2.24, 2.45) is 0 Å². The van der Waals surface area contributed by atoms with Crippen molar-refractivity contribution in [3.63, 3.8) is 0 Å². The Morgan fingerprint density at radius 3 is 2.77 bits per heavy atom. The Morgan fingerprint density at radius 2 is 2.08 bits per heavy atom. The van der Waals surface area contributed by atoms with Crippen molar-refractivity contribution in [2.75, 3.05) is 0 Å². The van der Waals surface area contributed by atoms with Crippen LogP contribution >= 0.6 is 0 Å². The first kappa shape index (κ1) is 8.76. The van der Waals surface area contributed by atoms with Crippen LogP contribution in [0.15, 0.2) is 30.3 Å². The van der Waals surface area contributed by atoms with Crippen LogP contribution in [0.1, 0.15) is 24.8 Å². The maximum absolute atomic E-state index is 5.76. The van der Waals surface area contributed by atoms with E-state index in [2.05, 4.69) is 30.7 Å². The van der Waals surface area contributed by atoms with Crippen LogP contribution in [-0.4, -0.2) is 6.10 Å². The van der Waals surface area contributed by atoms with Crippen molar-refractivity contribution >= 4 is 0 Å². The van der Waals surface area contributed by atoms with E-state index in [4.69, 9.17) is 4.74 Å². The summed E-state index contributed by atoms with van der Waals surface area (Å²) in [4.78, 5) is 0. The molecule has 0 unspecified atom stereocenters. The van der Waals surface area contributed by atoms with Crippen molar-refractivity contribution in [1.29, 1.82) is 0 Å². The van der Waals surface area contributed by atoms with E-state index in [1.165, 1.54) is 18.4 Å². The zero-order valence-corrected chi connectivity index (χ0v) is 7.78. The van der Waals surface area contributed by atoms with Gasteiger partial charge in [0.15, 0.2) is 0 Å². The van der Waals surface area contributed by atoms with Gasteiger partial charge in [-0.2, -0.15) is 0 Å². The second-order valence-electron chi connectivity index (χ2n) is 3.52. The highest BCUT2D eigenvalue weighted by Gasteiger charge is 2.14. The molecule has 0 heterocycles. The molecule has 1 atom stereocenters. The third kappa shape index (κ3) is 2.56. The molecule has 0 bridgehead atoms. The van der Waals surface area contributed by atoms with Gasteiger partial charge in [0.05, 0.1) is 12.7 Å². The maximum atomic E-state index is 5.76. The first-order valence-corrected chi connectivity index (χ1v) is 4.92. The van der Waals surface area contributed by atoms with Crippen LogP contribution < -0.4 is 0 Å². The Morgan fingerprint density at radius 1 is 1.23 bits per heavy atom. The first-order valence-electron chi connectivity index (χ1n) is 4.92. The van der Waals surface area contributed by atoms with Crippen LogP contribution in [0.4, 0.5) is 0 Å². The molecule has 1 nitrogen and oxygen atoms in total. The van der Waals surface area contributed by atoms with Crippen LogP contribution in [0.3, 0.4) is 0 Å². The van der Waals surface area contributed by atoms with Gasteiger partial charge in [0.2, 0.25) is 0 Å². The lowest BCUT2D eigenvalue weighted by Gasteiger charge is -2.10. The van der Waals surface area contributed by atoms with Gasteiger partial charge in [-0.15, -0.1) is 0 Å². The summed E-state index contributed by atoms with van der Waals surface area (Å²) in [5.74, 6) is 0. The highest BCUT2D eigenvalue weighted by atomic mass is 16.5. The molecule has 1 aliphatic carbocycles. The second-order valence-corrected chi connectivity index (χ2v) is 3.52. The van der Waals surface area contributed by atoms with E-state index < -0.39 is 0 Å². The zero-order valence-electron chi connectivity index (χ0n) is 7.78. The van der Waals surface area contributed by atoms with E-state index >= 15 is 0 Å². The van der Waals surface area contributed by atoms with Gasteiger partial charge < -0.3 is 4.74 Å². The Labute approximate surface area is 79.7 Å². The zero-order chi connectivity index (χ0) is 8.93. The van der Waals surface area contributed by atoms with E-state index in [9.17, 15) is 0 Å². The third-order valence-electron chi connectivity index (χ3n) is 2.45. The smallest absolute Gasteiger partial charge is 0.0720 e. The lowest BCUT2D eigenvalue weighted by molar-refractivity contribution is 0.0473. The molecule has 69 valence electrons. The van der Waals surface area contributed by atoms with Gasteiger partial charge in [0, 0.05) is 0 Å². The largest absolute Gasteiger partial charge is 0.374 e. The van der Waals surface area contributed by atoms with Crippen molar-refractivity contribution in [2.45, 2.75) is 32.0 Å². The van der Waals surface area contributed by atoms with Crippen molar-refractivity contribution < 1.29 is 4.74 Å². The second kappa shape index (κ2) is 4.43. The molecule has 0 amide bonds. The SMILES string of the molecule is [CH]1CC[C@H](OCc2ccccc2)C1. The van der Waals surface area contributed by atoms with Gasteiger partial charge in [-0.05, 0) is 31.2 Å². The molecule has 1 aliphatic rings. The lowest BCUT2D eigenvalue weighted by Crippen LogP contribution is -2.06.